The van der Waals surface area contributed by atoms with Crippen LogP contribution in [0.15, 0.2) is 47.3 Å². The molecule has 0 bridgehead atoms. The number of halogens is 2. The minimum atomic E-state index is 0.452. The van der Waals surface area contributed by atoms with E-state index in [1.54, 1.807) is 12.4 Å². The lowest BCUT2D eigenvalue weighted by atomic mass is 10.2. The molecule has 3 rings (SSSR count). The summed E-state index contributed by atoms with van der Waals surface area (Å²) in [6, 6.07) is 9.74. The van der Waals surface area contributed by atoms with Gasteiger partial charge in [0, 0.05) is 28.6 Å². The van der Waals surface area contributed by atoms with E-state index in [0.29, 0.717) is 10.6 Å². The largest absolute Gasteiger partial charge is 0.314 e. The van der Waals surface area contributed by atoms with Gasteiger partial charge in [-0.2, -0.15) is 5.26 Å². The Morgan fingerprint density at radius 2 is 2.16 bits per heavy atom. The van der Waals surface area contributed by atoms with E-state index in [-0.39, 0.29) is 0 Å². The minimum Gasteiger partial charge on any atom is -0.314 e. The second-order valence-electron chi connectivity index (χ2n) is 4.00. The first-order valence-electron chi connectivity index (χ1n) is 5.52. The Morgan fingerprint density at radius 3 is 2.89 bits per heavy atom. The molecule has 0 saturated carbocycles. The van der Waals surface area contributed by atoms with Crippen molar-refractivity contribution in [2.45, 2.75) is 0 Å². The average Bonchev–Trinajstić information content (AvgIpc) is 2.70. The van der Waals surface area contributed by atoms with Gasteiger partial charge in [-0.1, -0.05) is 17.7 Å². The third-order valence-electron chi connectivity index (χ3n) is 2.87. The van der Waals surface area contributed by atoms with E-state index in [4.69, 9.17) is 11.6 Å². The van der Waals surface area contributed by atoms with Gasteiger partial charge in [0.25, 0.3) is 0 Å². The number of fused-ring (bicyclic) bond motifs is 1. The number of hydrogen-bond donors (Lipinski definition) is 0. The minimum absolute atomic E-state index is 0.452. The van der Waals surface area contributed by atoms with Crippen LogP contribution in [0.3, 0.4) is 0 Å². The van der Waals surface area contributed by atoms with Crippen LogP contribution in [0, 0.1) is 11.3 Å². The topological polar surface area (TPSA) is 41.1 Å². The monoisotopic (exact) mass is 331 g/mol. The fourth-order valence-electron chi connectivity index (χ4n) is 2.09. The Labute approximate surface area is 123 Å². The SMILES string of the molecule is N#Cc1c(Cl)c(-c2cncc(Br)c2)n2ccccc12. The molecule has 0 aliphatic rings. The summed E-state index contributed by atoms with van der Waals surface area (Å²) < 4.78 is 2.77. The highest BCUT2D eigenvalue weighted by Gasteiger charge is 2.17. The van der Waals surface area contributed by atoms with Crippen LogP contribution in [0.2, 0.25) is 5.02 Å². The van der Waals surface area contributed by atoms with Crippen LogP contribution in [0.1, 0.15) is 5.56 Å². The van der Waals surface area contributed by atoms with Crippen LogP contribution in [0.4, 0.5) is 0 Å². The highest BCUT2D eigenvalue weighted by atomic mass is 79.9. The Morgan fingerprint density at radius 1 is 1.32 bits per heavy atom. The number of aromatic nitrogens is 2. The van der Waals surface area contributed by atoms with Gasteiger partial charge in [0.2, 0.25) is 0 Å². The molecule has 0 atom stereocenters. The van der Waals surface area contributed by atoms with Crippen molar-refractivity contribution in [1.29, 1.82) is 5.26 Å². The van der Waals surface area contributed by atoms with Crippen LogP contribution in [-0.2, 0) is 0 Å². The molecule has 3 aromatic rings. The third kappa shape index (κ3) is 1.92. The van der Waals surface area contributed by atoms with Crippen molar-refractivity contribution in [2.24, 2.45) is 0 Å². The first-order chi connectivity index (χ1) is 9.22. The summed E-state index contributed by atoms with van der Waals surface area (Å²) >= 11 is 9.74. The van der Waals surface area contributed by atoms with Gasteiger partial charge in [0.15, 0.2) is 0 Å². The molecule has 0 aliphatic carbocycles. The predicted octanol–water partition coefficient (Wildman–Crippen LogP) is 4.29. The van der Waals surface area contributed by atoms with Crippen LogP contribution in [0.25, 0.3) is 16.8 Å². The summed E-state index contributed by atoms with van der Waals surface area (Å²) in [7, 11) is 0. The number of nitrogens with zero attached hydrogens (tertiary/aromatic N) is 3. The molecule has 19 heavy (non-hydrogen) atoms. The molecule has 0 saturated heterocycles. The molecule has 0 fully saturated rings. The predicted molar refractivity (Wildman–Crippen MR) is 78.1 cm³/mol. The Hall–Kier alpha value is -1.83. The highest BCUT2D eigenvalue weighted by molar-refractivity contribution is 9.10. The number of hydrogen-bond acceptors (Lipinski definition) is 2. The van der Waals surface area contributed by atoms with E-state index < -0.39 is 0 Å². The highest BCUT2D eigenvalue weighted by Crippen LogP contribution is 2.35. The molecular formula is C14H7BrClN3. The Balaban J connectivity index is 2.42. The van der Waals surface area contributed by atoms with E-state index in [0.717, 1.165) is 21.2 Å². The summed E-state index contributed by atoms with van der Waals surface area (Å²) in [5.74, 6) is 0. The molecule has 92 valence electrons. The molecule has 0 N–H and O–H groups in total. The van der Waals surface area contributed by atoms with Crippen LogP contribution < -0.4 is 0 Å². The lowest BCUT2D eigenvalue weighted by Gasteiger charge is -2.03. The van der Waals surface area contributed by atoms with Gasteiger partial charge in [-0.25, -0.2) is 0 Å². The molecule has 3 heterocycles. The van der Waals surface area contributed by atoms with Crippen molar-refractivity contribution in [3.63, 3.8) is 0 Å². The smallest absolute Gasteiger partial charge is 0.103 e. The molecule has 0 amide bonds. The average molecular weight is 333 g/mol. The van der Waals surface area contributed by atoms with E-state index in [9.17, 15) is 5.26 Å². The van der Waals surface area contributed by atoms with Gasteiger partial charge in [-0.05, 0) is 34.1 Å². The molecule has 0 unspecified atom stereocenters. The quantitative estimate of drug-likeness (QED) is 0.667. The molecule has 0 spiro atoms. The van der Waals surface area contributed by atoms with Crippen molar-refractivity contribution >= 4 is 33.0 Å². The van der Waals surface area contributed by atoms with Crippen molar-refractivity contribution in [1.82, 2.24) is 9.38 Å². The molecule has 3 aromatic heterocycles. The maximum Gasteiger partial charge on any atom is 0.103 e. The van der Waals surface area contributed by atoms with E-state index in [1.807, 2.05) is 34.9 Å². The lowest BCUT2D eigenvalue weighted by Crippen LogP contribution is -1.88. The van der Waals surface area contributed by atoms with Gasteiger partial charge in [0.05, 0.1) is 21.8 Å². The van der Waals surface area contributed by atoms with Gasteiger partial charge >= 0.3 is 0 Å². The molecule has 3 nitrogen and oxygen atoms in total. The summed E-state index contributed by atoms with van der Waals surface area (Å²) in [5, 5.41) is 9.71. The third-order valence-corrected chi connectivity index (χ3v) is 3.68. The maximum absolute atomic E-state index is 9.26. The molecule has 0 radical (unpaired) electrons. The Bertz CT molecular complexity index is 817. The van der Waals surface area contributed by atoms with Crippen LogP contribution >= 0.6 is 27.5 Å². The molecular weight excluding hydrogens is 326 g/mol. The van der Waals surface area contributed by atoms with Crippen LogP contribution in [0.5, 0.6) is 0 Å². The van der Waals surface area contributed by atoms with Crippen molar-refractivity contribution in [3.05, 3.63) is 57.9 Å². The zero-order valence-corrected chi connectivity index (χ0v) is 12.0. The number of rotatable bonds is 1. The van der Waals surface area contributed by atoms with Crippen LogP contribution in [-0.4, -0.2) is 9.38 Å². The van der Waals surface area contributed by atoms with Crippen molar-refractivity contribution in [3.8, 4) is 17.3 Å². The second kappa shape index (κ2) is 4.69. The molecule has 0 aliphatic heterocycles. The first-order valence-corrected chi connectivity index (χ1v) is 6.69. The van der Waals surface area contributed by atoms with E-state index in [2.05, 4.69) is 27.0 Å². The Kier molecular flexibility index (Phi) is 3.02. The van der Waals surface area contributed by atoms with Crippen molar-refractivity contribution in [2.75, 3.05) is 0 Å². The standard InChI is InChI=1S/C14H7BrClN3/c15-10-5-9(7-18-8-10)14-13(16)11(6-17)12-3-1-2-4-19(12)14/h1-5,7-8H. The zero-order valence-electron chi connectivity index (χ0n) is 9.64. The van der Waals surface area contributed by atoms with Gasteiger partial charge in [-0.3, -0.25) is 4.98 Å². The maximum atomic E-state index is 9.26. The van der Waals surface area contributed by atoms with Gasteiger partial charge in [-0.15, -0.1) is 0 Å². The van der Waals surface area contributed by atoms with Gasteiger partial charge in [0.1, 0.15) is 6.07 Å². The summed E-state index contributed by atoms with van der Waals surface area (Å²) in [5.41, 5.74) is 2.92. The van der Waals surface area contributed by atoms with Crippen molar-refractivity contribution < 1.29 is 0 Å². The summed E-state index contributed by atoms with van der Waals surface area (Å²) in [4.78, 5) is 4.14. The molecule has 5 heteroatoms. The number of pyridine rings is 2. The summed E-state index contributed by atoms with van der Waals surface area (Å²) in [6.07, 6.45) is 5.32. The fraction of sp³-hybridized carbons (Fsp3) is 0. The normalized spacial score (nSPS) is 10.6. The summed E-state index contributed by atoms with van der Waals surface area (Å²) in [6.45, 7) is 0. The van der Waals surface area contributed by atoms with E-state index in [1.165, 1.54) is 0 Å². The van der Waals surface area contributed by atoms with Gasteiger partial charge < -0.3 is 4.40 Å². The lowest BCUT2D eigenvalue weighted by molar-refractivity contribution is 1.19. The first kappa shape index (κ1) is 12.2. The number of nitriles is 1. The van der Waals surface area contributed by atoms with E-state index >= 15 is 0 Å². The molecule has 0 aromatic carbocycles. The second-order valence-corrected chi connectivity index (χ2v) is 5.29. The zero-order chi connectivity index (χ0) is 13.4. The fourth-order valence-corrected chi connectivity index (χ4v) is 2.80.